The van der Waals surface area contributed by atoms with Gasteiger partial charge in [0.2, 0.25) is 0 Å². The van der Waals surface area contributed by atoms with Crippen LogP contribution < -0.4 is 5.73 Å². The summed E-state index contributed by atoms with van der Waals surface area (Å²) in [5, 5.41) is 0. The lowest BCUT2D eigenvalue weighted by Gasteiger charge is -2.14. The number of hydrogen-bond acceptors (Lipinski definition) is 1. The Balaban J connectivity index is 2.09. The summed E-state index contributed by atoms with van der Waals surface area (Å²) < 4.78 is 0. The van der Waals surface area contributed by atoms with Gasteiger partial charge >= 0.3 is 0 Å². The summed E-state index contributed by atoms with van der Waals surface area (Å²) in [7, 11) is 0. The quantitative estimate of drug-likeness (QED) is 0.649. The zero-order chi connectivity index (χ0) is 8.32. The molecule has 1 aliphatic carbocycles. The molecule has 2 N–H and O–H groups in total. The fourth-order valence-electron chi connectivity index (χ4n) is 1.60. The largest absolute Gasteiger partial charge is 0.325 e. The number of hydrogen-bond donors (Lipinski definition) is 1. The van der Waals surface area contributed by atoms with E-state index in [1.165, 1.54) is 38.5 Å². The predicted octanol–water partition coefficient (Wildman–Crippen LogP) is 2.69. The molecule has 0 heterocycles. The molecule has 66 valence electrons. The van der Waals surface area contributed by atoms with Crippen LogP contribution in [-0.2, 0) is 0 Å². The van der Waals surface area contributed by atoms with E-state index in [9.17, 15) is 0 Å². The molecule has 0 radical (unpaired) electrons. The first-order valence-electron chi connectivity index (χ1n) is 4.99. The van der Waals surface area contributed by atoms with E-state index in [0.29, 0.717) is 0 Å². The van der Waals surface area contributed by atoms with Crippen molar-refractivity contribution in [3.63, 3.8) is 0 Å². The van der Waals surface area contributed by atoms with Gasteiger partial charge in [0.05, 0.1) is 0 Å². The number of rotatable bonds is 5. The lowest BCUT2D eigenvalue weighted by Crippen LogP contribution is -2.22. The maximum atomic E-state index is 6.00. The minimum absolute atomic E-state index is 0.280. The lowest BCUT2D eigenvalue weighted by molar-refractivity contribution is 0.410. The monoisotopic (exact) mass is 155 g/mol. The molecule has 0 unspecified atom stereocenters. The summed E-state index contributed by atoms with van der Waals surface area (Å²) in [6.45, 7) is 4.56. The summed E-state index contributed by atoms with van der Waals surface area (Å²) in [5.41, 5.74) is 6.28. The van der Waals surface area contributed by atoms with Gasteiger partial charge < -0.3 is 5.73 Å². The molecule has 11 heavy (non-hydrogen) atoms. The second-order valence-electron chi connectivity index (χ2n) is 4.08. The zero-order valence-electron chi connectivity index (χ0n) is 7.90. The third kappa shape index (κ3) is 2.82. The number of nitrogens with two attached hydrogens (primary N) is 1. The lowest BCUT2D eigenvalue weighted by atomic mass is 9.94. The Morgan fingerprint density at radius 1 is 1.27 bits per heavy atom. The van der Waals surface area contributed by atoms with Crippen molar-refractivity contribution in [2.75, 3.05) is 0 Å². The third-order valence-corrected chi connectivity index (χ3v) is 3.10. The van der Waals surface area contributed by atoms with Crippen molar-refractivity contribution in [3.05, 3.63) is 0 Å². The standard InChI is InChI=1S/C10H21N/c1-3-9(4-2)5-6-10(11)7-8-10/h9H,3-8,11H2,1-2H3. The van der Waals surface area contributed by atoms with Crippen molar-refractivity contribution in [1.29, 1.82) is 0 Å². The van der Waals surface area contributed by atoms with Crippen LogP contribution >= 0.6 is 0 Å². The van der Waals surface area contributed by atoms with Crippen molar-refractivity contribution in [2.45, 2.75) is 57.9 Å². The van der Waals surface area contributed by atoms with Gasteiger partial charge in [-0.25, -0.2) is 0 Å². The highest BCUT2D eigenvalue weighted by molar-refractivity contribution is 4.98. The highest BCUT2D eigenvalue weighted by Crippen LogP contribution is 2.38. The van der Waals surface area contributed by atoms with Gasteiger partial charge in [-0.15, -0.1) is 0 Å². The minimum Gasteiger partial charge on any atom is -0.325 e. The molecule has 0 spiro atoms. The SMILES string of the molecule is CCC(CC)CCC1(N)CC1. The van der Waals surface area contributed by atoms with Crippen LogP contribution in [-0.4, -0.2) is 5.54 Å². The van der Waals surface area contributed by atoms with Gasteiger partial charge in [0.25, 0.3) is 0 Å². The first-order valence-corrected chi connectivity index (χ1v) is 4.99. The zero-order valence-corrected chi connectivity index (χ0v) is 7.90. The fourth-order valence-corrected chi connectivity index (χ4v) is 1.60. The Hall–Kier alpha value is -0.0400. The molecule has 0 bridgehead atoms. The van der Waals surface area contributed by atoms with E-state index < -0.39 is 0 Å². The van der Waals surface area contributed by atoms with E-state index in [1.54, 1.807) is 0 Å². The van der Waals surface area contributed by atoms with E-state index in [4.69, 9.17) is 5.73 Å². The molecule has 0 aliphatic heterocycles. The molecule has 1 aliphatic rings. The van der Waals surface area contributed by atoms with Gasteiger partial charge in [0.1, 0.15) is 0 Å². The molecule has 1 rings (SSSR count). The molecule has 1 fully saturated rings. The van der Waals surface area contributed by atoms with Crippen LogP contribution in [0.3, 0.4) is 0 Å². The Morgan fingerprint density at radius 3 is 2.18 bits per heavy atom. The summed E-state index contributed by atoms with van der Waals surface area (Å²) in [6.07, 6.45) is 7.81. The van der Waals surface area contributed by atoms with Crippen LogP contribution in [0.2, 0.25) is 0 Å². The van der Waals surface area contributed by atoms with Crippen LogP contribution in [0, 0.1) is 5.92 Å². The highest BCUT2D eigenvalue weighted by Gasteiger charge is 2.37. The molecule has 0 aromatic carbocycles. The van der Waals surface area contributed by atoms with Crippen LogP contribution in [0.15, 0.2) is 0 Å². The summed E-state index contributed by atoms with van der Waals surface area (Å²) in [4.78, 5) is 0. The van der Waals surface area contributed by atoms with E-state index in [0.717, 1.165) is 5.92 Å². The minimum atomic E-state index is 0.280. The second kappa shape index (κ2) is 3.57. The first kappa shape index (κ1) is 9.05. The predicted molar refractivity (Wildman–Crippen MR) is 49.5 cm³/mol. The van der Waals surface area contributed by atoms with E-state index in [-0.39, 0.29) is 5.54 Å². The maximum Gasteiger partial charge on any atom is 0.0155 e. The van der Waals surface area contributed by atoms with Gasteiger partial charge in [-0.05, 0) is 31.6 Å². The van der Waals surface area contributed by atoms with Crippen molar-refractivity contribution < 1.29 is 0 Å². The topological polar surface area (TPSA) is 26.0 Å². The molecule has 0 aromatic heterocycles. The van der Waals surface area contributed by atoms with Gasteiger partial charge in [-0.3, -0.25) is 0 Å². The molecular weight excluding hydrogens is 134 g/mol. The van der Waals surface area contributed by atoms with Crippen LogP contribution in [0.5, 0.6) is 0 Å². The van der Waals surface area contributed by atoms with Gasteiger partial charge in [0.15, 0.2) is 0 Å². The fraction of sp³-hybridized carbons (Fsp3) is 1.00. The summed E-state index contributed by atoms with van der Waals surface area (Å²) in [6, 6.07) is 0. The summed E-state index contributed by atoms with van der Waals surface area (Å²) in [5.74, 6) is 0.927. The van der Waals surface area contributed by atoms with Crippen LogP contribution in [0.1, 0.15) is 52.4 Å². The second-order valence-corrected chi connectivity index (χ2v) is 4.08. The Labute approximate surface area is 70.4 Å². The molecule has 1 saturated carbocycles. The van der Waals surface area contributed by atoms with Gasteiger partial charge in [-0.2, -0.15) is 0 Å². The van der Waals surface area contributed by atoms with E-state index in [2.05, 4.69) is 13.8 Å². The smallest absolute Gasteiger partial charge is 0.0155 e. The Morgan fingerprint density at radius 2 is 1.82 bits per heavy atom. The average Bonchev–Trinajstić information content (AvgIpc) is 2.71. The van der Waals surface area contributed by atoms with Gasteiger partial charge in [-0.1, -0.05) is 26.7 Å². The Bertz CT molecular complexity index is 112. The molecule has 0 atom stereocenters. The molecule has 1 heteroatoms. The summed E-state index contributed by atoms with van der Waals surface area (Å²) >= 11 is 0. The molecule has 0 aromatic rings. The van der Waals surface area contributed by atoms with Crippen molar-refractivity contribution in [2.24, 2.45) is 11.7 Å². The Kier molecular flexibility index (Phi) is 2.94. The van der Waals surface area contributed by atoms with Crippen molar-refractivity contribution in [1.82, 2.24) is 0 Å². The highest BCUT2D eigenvalue weighted by atomic mass is 14.8. The molecule has 1 nitrogen and oxygen atoms in total. The normalized spacial score (nSPS) is 20.7. The first-order chi connectivity index (χ1) is 5.20. The van der Waals surface area contributed by atoms with E-state index in [1.807, 2.05) is 0 Å². The van der Waals surface area contributed by atoms with Gasteiger partial charge in [0, 0.05) is 5.54 Å². The molecular formula is C10H21N. The van der Waals surface area contributed by atoms with Crippen LogP contribution in [0.25, 0.3) is 0 Å². The maximum absolute atomic E-state index is 6.00. The molecule has 0 amide bonds. The van der Waals surface area contributed by atoms with Crippen LogP contribution in [0.4, 0.5) is 0 Å². The average molecular weight is 155 g/mol. The van der Waals surface area contributed by atoms with Crippen molar-refractivity contribution >= 4 is 0 Å². The molecule has 0 saturated heterocycles. The van der Waals surface area contributed by atoms with Crippen molar-refractivity contribution in [3.8, 4) is 0 Å². The third-order valence-electron chi connectivity index (χ3n) is 3.10. The van der Waals surface area contributed by atoms with E-state index >= 15 is 0 Å².